The van der Waals surface area contributed by atoms with Crippen LogP contribution in [0.25, 0.3) is 11.0 Å². The summed E-state index contributed by atoms with van der Waals surface area (Å²) in [6.45, 7) is 5.18. The number of nitrogens with zero attached hydrogens (tertiary/aromatic N) is 6. The number of carbonyl (C=O) groups excluding carboxylic acids is 1. The van der Waals surface area contributed by atoms with Crippen LogP contribution in [0.1, 0.15) is 31.9 Å². The highest BCUT2D eigenvalue weighted by molar-refractivity contribution is 5.89. The molecule has 1 saturated heterocycles. The van der Waals surface area contributed by atoms with E-state index in [-0.39, 0.29) is 35.4 Å². The number of aromatic nitrogens is 5. The number of likely N-dealkylation sites (tertiary alicyclic amines) is 1. The molecule has 4 heterocycles. The number of urea groups is 1. The van der Waals surface area contributed by atoms with E-state index in [4.69, 9.17) is 10.5 Å². The lowest BCUT2D eigenvalue weighted by Crippen LogP contribution is -2.44. The summed E-state index contributed by atoms with van der Waals surface area (Å²) < 4.78 is 20.8. The minimum Gasteiger partial charge on any atom is -0.476 e. The number of ether oxygens (including phenoxy) is 1. The summed E-state index contributed by atoms with van der Waals surface area (Å²) in [6.07, 6.45) is 3.85. The Hall–Kier alpha value is -3.50. The zero-order valence-corrected chi connectivity index (χ0v) is 17.7. The molecule has 2 amide bonds. The fourth-order valence-corrected chi connectivity index (χ4v) is 4.02. The second kappa shape index (κ2) is 8.32. The van der Waals surface area contributed by atoms with Gasteiger partial charge in [0.1, 0.15) is 0 Å². The van der Waals surface area contributed by atoms with E-state index in [9.17, 15) is 9.18 Å². The molecular weight excluding hydrogens is 403 g/mol. The number of nitrogen functional groups attached to an aromatic ring is 1. The highest BCUT2D eigenvalue weighted by Crippen LogP contribution is 2.35. The van der Waals surface area contributed by atoms with Gasteiger partial charge in [0, 0.05) is 32.1 Å². The van der Waals surface area contributed by atoms with Gasteiger partial charge in [0.15, 0.2) is 11.5 Å². The minimum absolute atomic E-state index is 0.0826. The van der Waals surface area contributed by atoms with Crippen LogP contribution in [0.15, 0.2) is 18.5 Å². The average Bonchev–Trinajstić information content (AvgIpc) is 3.10. The van der Waals surface area contributed by atoms with Crippen LogP contribution in [0.3, 0.4) is 0 Å². The van der Waals surface area contributed by atoms with Crippen molar-refractivity contribution in [3.63, 3.8) is 0 Å². The van der Waals surface area contributed by atoms with E-state index in [2.05, 4.69) is 32.3 Å². The van der Waals surface area contributed by atoms with Gasteiger partial charge in [-0.05, 0) is 19.3 Å². The smallest absolute Gasteiger partial charge is 0.321 e. The topological polar surface area (TPSA) is 124 Å². The number of aryl methyl sites for hydroxylation is 1. The Morgan fingerprint density at radius 2 is 2.19 bits per heavy atom. The van der Waals surface area contributed by atoms with Gasteiger partial charge >= 0.3 is 6.03 Å². The van der Waals surface area contributed by atoms with Gasteiger partial charge in [0.2, 0.25) is 11.8 Å². The second-order valence-corrected chi connectivity index (χ2v) is 7.67. The Morgan fingerprint density at radius 1 is 1.39 bits per heavy atom. The molecule has 31 heavy (non-hydrogen) atoms. The van der Waals surface area contributed by atoms with E-state index in [1.807, 2.05) is 7.05 Å². The summed E-state index contributed by atoms with van der Waals surface area (Å²) in [5.74, 6) is -0.240. The number of rotatable bonds is 4. The molecule has 1 unspecified atom stereocenters. The number of hydrogen-bond acceptors (Lipinski definition) is 7. The number of carbonyl (C=O) groups is 1. The first-order valence-electron chi connectivity index (χ1n) is 10.2. The zero-order valence-electron chi connectivity index (χ0n) is 17.7. The van der Waals surface area contributed by atoms with Crippen molar-refractivity contribution in [3.05, 3.63) is 30.0 Å². The van der Waals surface area contributed by atoms with Crippen molar-refractivity contribution in [2.45, 2.75) is 26.2 Å². The molecule has 0 radical (unpaired) electrons. The summed E-state index contributed by atoms with van der Waals surface area (Å²) in [5.41, 5.74) is 7.76. The van der Waals surface area contributed by atoms with Crippen molar-refractivity contribution < 1.29 is 13.9 Å². The molecule has 4 rings (SSSR count). The molecule has 0 aromatic carbocycles. The predicted molar refractivity (Wildman–Crippen MR) is 113 cm³/mol. The van der Waals surface area contributed by atoms with Crippen molar-refractivity contribution in [2.75, 3.05) is 30.7 Å². The van der Waals surface area contributed by atoms with E-state index >= 15 is 0 Å². The van der Waals surface area contributed by atoms with Gasteiger partial charge in [-0.3, -0.25) is 4.68 Å². The molecule has 164 valence electrons. The van der Waals surface area contributed by atoms with Crippen molar-refractivity contribution in [2.24, 2.45) is 13.0 Å². The number of hydrogen-bond donors (Lipinski definition) is 2. The Morgan fingerprint density at radius 3 is 2.90 bits per heavy atom. The van der Waals surface area contributed by atoms with Crippen molar-refractivity contribution in [1.82, 2.24) is 29.6 Å². The van der Waals surface area contributed by atoms with E-state index in [1.54, 1.807) is 22.7 Å². The quantitative estimate of drug-likeness (QED) is 0.654. The van der Waals surface area contributed by atoms with Crippen molar-refractivity contribution in [3.8, 4) is 5.88 Å². The molecule has 0 bridgehead atoms. The fourth-order valence-electron chi connectivity index (χ4n) is 4.02. The molecule has 1 fully saturated rings. The van der Waals surface area contributed by atoms with Crippen LogP contribution in [0.5, 0.6) is 5.88 Å². The fraction of sp³-hybridized carbons (Fsp3) is 0.450. The summed E-state index contributed by atoms with van der Waals surface area (Å²) in [7, 11) is 1.81. The van der Waals surface area contributed by atoms with E-state index in [1.165, 1.54) is 12.3 Å². The third-order valence-corrected chi connectivity index (χ3v) is 5.52. The molecule has 3 aromatic rings. The maximum Gasteiger partial charge on any atom is 0.321 e. The molecule has 1 aliphatic rings. The largest absolute Gasteiger partial charge is 0.476 e. The zero-order chi connectivity index (χ0) is 22.1. The van der Waals surface area contributed by atoms with Crippen LogP contribution >= 0.6 is 0 Å². The van der Waals surface area contributed by atoms with E-state index in [0.717, 1.165) is 11.1 Å². The first-order chi connectivity index (χ1) is 14.9. The van der Waals surface area contributed by atoms with Crippen LogP contribution in [-0.4, -0.2) is 55.4 Å². The third kappa shape index (κ3) is 4.07. The molecular formula is C20H25FN8O2. The Bertz CT molecular complexity index is 1120. The van der Waals surface area contributed by atoms with Gasteiger partial charge < -0.3 is 20.7 Å². The molecule has 0 spiro atoms. The maximum atomic E-state index is 14.0. The number of anilines is 2. The molecule has 10 nitrogen and oxygen atoms in total. The standard InChI is InChI=1S/C20H25FN8O2/c1-4-31-18-15(21)7-12(8-23-18)25-20(30)29-6-5-13(11(2)10-29)16-14-9-24-28(3)17(14)27-19(22)26-16/h7-9,11,13H,4-6,10H2,1-3H3,(H,25,30)(H2,22,26,27)/t11-,13?/m1/s1. The first-order valence-corrected chi connectivity index (χ1v) is 10.2. The third-order valence-electron chi connectivity index (χ3n) is 5.52. The van der Waals surface area contributed by atoms with Gasteiger partial charge in [-0.15, -0.1) is 0 Å². The lowest BCUT2D eigenvalue weighted by Gasteiger charge is -2.36. The van der Waals surface area contributed by atoms with Crippen LogP contribution in [0.4, 0.5) is 20.8 Å². The molecule has 3 N–H and O–H groups in total. The van der Waals surface area contributed by atoms with E-state index < -0.39 is 5.82 Å². The Labute approximate surface area is 178 Å². The number of amides is 2. The van der Waals surface area contributed by atoms with Gasteiger partial charge in [0.05, 0.1) is 35.8 Å². The molecule has 2 atom stereocenters. The molecule has 0 saturated carbocycles. The maximum absolute atomic E-state index is 14.0. The Kier molecular flexibility index (Phi) is 5.57. The monoisotopic (exact) mass is 428 g/mol. The van der Waals surface area contributed by atoms with Crippen molar-refractivity contribution >= 4 is 28.7 Å². The van der Waals surface area contributed by atoms with Crippen LogP contribution in [0, 0.1) is 11.7 Å². The van der Waals surface area contributed by atoms with Gasteiger partial charge in [0.25, 0.3) is 0 Å². The van der Waals surface area contributed by atoms with Crippen LogP contribution in [-0.2, 0) is 7.05 Å². The first kappa shape index (κ1) is 20.8. The number of nitrogens with two attached hydrogens (primary N) is 1. The normalized spacial score (nSPS) is 18.9. The number of halogens is 1. The van der Waals surface area contributed by atoms with Crippen LogP contribution in [0.2, 0.25) is 0 Å². The molecule has 11 heteroatoms. The number of nitrogens with one attached hydrogen (secondary N) is 1. The summed E-state index contributed by atoms with van der Waals surface area (Å²) in [5, 5.41) is 7.86. The molecule has 0 aliphatic carbocycles. The number of piperidine rings is 1. The summed E-state index contributed by atoms with van der Waals surface area (Å²) in [6, 6.07) is 0.902. The number of fused-ring (bicyclic) bond motifs is 1. The number of pyridine rings is 1. The molecule has 1 aliphatic heterocycles. The predicted octanol–water partition coefficient (Wildman–Crippen LogP) is 2.54. The minimum atomic E-state index is -0.617. The van der Waals surface area contributed by atoms with E-state index in [0.29, 0.717) is 31.8 Å². The summed E-state index contributed by atoms with van der Waals surface area (Å²) in [4.78, 5) is 27.1. The molecule has 3 aromatic heterocycles. The second-order valence-electron chi connectivity index (χ2n) is 7.67. The lowest BCUT2D eigenvalue weighted by molar-refractivity contribution is 0.170. The van der Waals surface area contributed by atoms with Gasteiger partial charge in [-0.25, -0.2) is 19.2 Å². The highest BCUT2D eigenvalue weighted by Gasteiger charge is 2.32. The Balaban J connectivity index is 1.46. The van der Waals surface area contributed by atoms with Crippen molar-refractivity contribution in [1.29, 1.82) is 0 Å². The SMILES string of the molecule is CCOc1ncc(NC(=O)N2CCC(c3nc(N)nc4c3cnn4C)[C@H](C)C2)cc1F. The lowest BCUT2D eigenvalue weighted by atomic mass is 9.83. The van der Waals surface area contributed by atoms with Crippen LogP contribution < -0.4 is 15.8 Å². The van der Waals surface area contributed by atoms with Gasteiger partial charge in [-0.2, -0.15) is 10.1 Å². The highest BCUT2D eigenvalue weighted by atomic mass is 19.1. The van der Waals surface area contributed by atoms with Gasteiger partial charge in [-0.1, -0.05) is 6.92 Å². The average molecular weight is 428 g/mol. The summed E-state index contributed by atoms with van der Waals surface area (Å²) >= 11 is 0.